The van der Waals surface area contributed by atoms with Gasteiger partial charge >= 0.3 is 0 Å². The third-order valence-electron chi connectivity index (χ3n) is 4.58. The maximum atomic E-state index is 14.0. The predicted molar refractivity (Wildman–Crippen MR) is 104 cm³/mol. The van der Waals surface area contributed by atoms with Crippen molar-refractivity contribution in [2.24, 2.45) is 0 Å². The number of benzene rings is 1. The van der Waals surface area contributed by atoms with Crippen LogP contribution in [0.15, 0.2) is 30.6 Å². The lowest BCUT2D eigenvalue weighted by molar-refractivity contribution is 0.0948. The first-order chi connectivity index (χ1) is 13.4. The molecular formula is C19H19ClFN5O2. The third kappa shape index (κ3) is 3.35. The molecule has 3 aromatic rings. The van der Waals surface area contributed by atoms with Crippen molar-refractivity contribution < 1.29 is 13.9 Å². The molecular weight excluding hydrogens is 385 g/mol. The fraction of sp³-hybridized carbons (Fsp3) is 0.316. The molecule has 1 amide bonds. The van der Waals surface area contributed by atoms with Gasteiger partial charge in [-0.1, -0.05) is 11.6 Å². The molecule has 0 saturated carbocycles. The quantitative estimate of drug-likeness (QED) is 0.676. The lowest BCUT2D eigenvalue weighted by Crippen LogP contribution is -2.31. The maximum absolute atomic E-state index is 14.0. The smallest absolute Gasteiger partial charge is 0.256 e. The van der Waals surface area contributed by atoms with Crippen molar-refractivity contribution in [1.82, 2.24) is 19.9 Å². The fourth-order valence-corrected chi connectivity index (χ4v) is 3.48. The summed E-state index contributed by atoms with van der Waals surface area (Å²) in [6, 6.07) is 4.50. The fourth-order valence-electron chi connectivity index (χ4n) is 3.20. The number of carbonyl (C=O) groups is 1. The molecule has 0 saturated heterocycles. The van der Waals surface area contributed by atoms with E-state index in [4.69, 9.17) is 16.3 Å². The van der Waals surface area contributed by atoms with E-state index in [1.165, 1.54) is 18.3 Å². The van der Waals surface area contributed by atoms with Crippen molar-refractivity contribution >= 4 is 29.0 Å². The lowest BCUT2D eigenvalue weighted by Gasteiger charge is -2.29. The summed E-state index contributed by atoms with van der Waals surface area (Å²) in [6.45, 7) is 4.82. The summed E-state index contributed by atoms with van der Waals surface area (Å²) >= 11 is 6.24. The second kappa shape index (κ2) is 7.27. The molecule has 1 aliphatic rings. The first-order valence-corrected chi connectivity index (χ1v) is 9.32. The molecule has 1 N–H and O–H groups in total. The van der Waals surface area contributed by atoms with Crippen LogP contribution in [0.4, 0.5) is 10.2 Å². The van der Waals surface area contributed by atoms with E-state index < -0.39 is 5.82 Å². The number of ether oxygens (including phenoxy) is 1. The summed E-state index contributed by atoms with van der Waals surface area (Å²) in [5.74, 6) is 0.327. The zero-order chi connectivity index (χ0) is 19.8. The minimum Gasteiger partial charge on any atom is -0.490 e. The van der Waals surface area contributed by atoms with E-state index in [0.717, 1.165) is 0 Å². The van der Waals surface area contributed by atoms with Crippen LogP contribution in [-0.2, 0) is 6.54 Å². The average molecular weight is 404 g/mol. The highest BCUT2D eigenvalue weighted by Gasteiger charge is 2.21. The van der Waals surface area contributed by atoms with Crippen LogP contribution in [-0.4, -0.2) is 39.7 Å². The molecule has 9 heteroatoms. The van der Waals surface area contributed by atoms with Crippen molar-refractivity contribution in [3.8, 4) is 5.75 Å². The number of nitrogens with one attached hydrogen (secondary N) is 1. The lowest BCUT2D eigenvalue weighted by atomic mass is 10.1. The average Bonchev–Trinajstić information content (AvgIpc) is 3.06. The second-order valence-electron chi connectivity index (χ2n) is 6.81. The van der Waals surface area contributed by atoms with Gasteiger partial charge in [-0.05, 0) is 32.0 Å². The Morgan fingerprint density at radius 2 is 2.18 bits per heavy atom. The van der Waals surface area contributed by atoms with Crippen molar-refractivity contribution in [2.75, 3.05) is 18.1 Å². The number of amides is 1. The molecule has 0 atom stereocenters. The van der Waals surface area contributed by atoms with Crippen LogP contribution in [0.25, 0.3) is 5.65 Å². The SMILES string of the molecule is CC(C)N1Cc2cc(F)cc(Cl)c2OCCNC(=O)c2cnn3ccc1nc23. The molecule has 146 valence electrons. The molecule has 0 spiro atoms. The van der Waals surface area contributed by atoms with Gasteiger partial charge in [-0.2, -0.15) is 5.10 Å². The van der Waals surface area contributed by atoms with Gasteiger partial charge in [-0.15, -0.1) is 0 Å². The minimum atomic E-state index is -0.435. The molecule has 0 fully saturated rings. The molecule has 4 rings (SSSR count). The zero-order valence-corrected chi connectivity index (χ0v) is 16.2. The van der Waals surface area contributed by atoms with E-state index in [9.17, 15) is 9.18 Å². The molecule has 2 aromatic heterocycles. The summed E-state index contributed by atoms with van der Waals surface area (Å²) in [6.07, 6.45) is 3.24. The van der Waals surface area contributed by atoms with Crippen molar-refractivity contribution in [3.63, 3.8) is 0 Å². The Kier molecular flexibility index (Phi) is 4.80. The van der Waals surface area contributed by atoms with Crippen LogP contribution in [0, 0.1) is 5.82 Å². The molecule has 2 bridgehead atoms. The van der Waals surface area contributed by atoms with Crippen LogP contribution in [0.2, 0.25) is 5.02 Å². The van der Waals surface area contributed by atoms with E-state index in [-0.39, 0.29) is 30.1 Å². The number of anilines is 1. The van der Waals surface area contributed by atoms with E-state index >= 15 is 0 Å². The van der Waals surface area contributed by atoms with Gasteiger partial charge in [-0.3, -0.25) is 4.79 Å². The Morgan fingerprint density at radius 1 is 1.36 bits per heavy atom. The number of nitrogens with zero attached hydrogens (tertiary/aromatic N) is 4. The number of halogens is 2. The van der Waals surface area contributed by atoms with Crippen molar-refractivity contribution in [3.05, 3.63) is 52.6 Å². The molecule has 1 aliphatic heterocycles. The normalized spacial score (nSPS) is 14.9. The standard InChI is InChI=1S/C19H19ClFN5O2/c1-11(2)25-10-12-7-13(21)8-15(20)17(12)28-6-4-22-19(27)14-9-23-26-5-3-16(25)24-18(14)26/h3,5,7-9,11H,4,6,10H2,1-2H3,(H,22,27). The van der Waals surface area contributed by atoms with Crippen LogP contribution in [0.5, 0.6) is 5.75 Å². The molecule has 28 heavy (non-hydrogen) atoms. The predicted octanol–water partition coefficient (Wildman–Crippen LogP) is 3.06. The number of carbonyl (C=O) groups excluding carboxylic acids is 1. The van der Waals surface area contributed by atoms with Gasteiger partial charge in [0.15, 0.2) is 5.65 Å². The highest BCUT2D eigenvalue weighted by atomic mass is 35.5. The van der Waals surface area contributed by atoms with Crippen molar-refractivity contribution in [1.29, 1.82) is 0 Å². The Balaban J connectivity index is 1.87. The van der Waals surface area contributed by atoms with Gasteiger partial charge in [0.2, 0.25) is 0 Å². The third-order valence-corrected chi connectivity index (χ3v) is 4.86. The van der Waals surface area contributed by atoms with E-state index in [2.05, 4.69) is 15.4 Å². The molecule has 7 nitrogen and oxygen atoms in total. The molecule has 1 aromatic carbocycles. The first-order valence-electron chi connectivity index (χ1n) is 8.94. The Bertz CT molecular complexity index is 1050. The van der Waals surface area contributed by atoms with Gasteiger partial charge in [0.05, 0.1) is 17.8 Å². The highest BCUT2D eigenvalue weighted by molar-refractivity contribution is 6.32. The van der Waals surface area contributed by atoms with Gasteiger partial charge in [-0.25, -0.2) is 13.9 Å². The first kappa shape index (κ1) is 18.5. The van der Waals surface area contributed by atoms with Crippen molar-refractivity contribution in [2.45, 2.75) is 26.4 Å². The number of hydrogen-bond acceptors (Lipinski definition) is 5. The van der Waals surface area contributed by atoms with Crippen LogP contribution >= 0.6 is 11.6 Å². The summed E-state index contributed by atoms with van der Waals surface area (Å²) in [4.78, 5) is 19.2. The topological polar surface area (TPSA) is 71.8 Å². The van der Waals surface area contributed by atoms with Crippen LogP contribution in [0.3, 0.4) is 0 Å². The molecule has 0 aliphatic carbocycles. The molecule has 0 unspecified atom stereocenters. The highest BCUT2D eigenvalue weighted by Crippen LogP contribution is 2.32. The largest absolute Gasteiger partial charge is 0.490 e. The summed E-state index contributed by atoms with van der Waals surface area (Å²) in [5.41, 5.74) is 1.45. The summed E-state index contributed by atoms with van der Waals surface area (Å²) in [5, 5.41) is 7.17. The Labute approximate surface area is 166 Å². The Morgan fingerprint density at radius 3 is 2.96 bits per heavy atom. The van der Waals surface area contributed by atoms with Gasteiger partial charge < -0.3 is 15.0 Å². The number of fused-ring (bicyclic) bond motifs is 2. The van der Waals surface area contributed by atoms with E-state index in [1.54, 1.807) is 10.7 Å². The number of rotatable bonds is 1. The molecule has 3 heterocycles. The summed E-state index contributed by atoms with van der Waals surface area (Å²) < 4.78 is 21.4. The maximum Gasteiger partial charge on any atom is 0.256 e. The second-order valence-corrected chi connectivity index (χ2v) is 7.22. The van der Waals surface area contributed by atoms with Crippen LogP contribution < -0.4 is 15.0 Å². The van der Waals surface area contributed by atoms with E-state index in [0.29, 0.717) is 34.9 Å². The summed E-state index contributed by atoms with van der Waals surface area (Å²) in [7, 11) is 0. The molecule has 0 radical (unpaired) electrons. The van der Waals surface area contributed by atoms with Gasteiger partial charge in [0.1, 0.15) is 29.6 Å². The van der Waals surface area contributed by atoms with Gasteiger partial charge in [0, 0.05) is 24.3 Å². The number of aromatic nitrogens is 3. The van der Waals surface area contributed by atoms with Gasteiger partial charge in [0.25, 0.3) is 5.91 Å². The monoisotopic (exact) mass is 403 g/mol. The van der Waals surface area contributed by atoms with Crippen LogP contribution in [0.1, 0.15) is 29.8 Å². The minimum absolute atomic E-state index is 0.0511. The number of hydrogen-bond donors (Lipinski definition) is 1. The zero-order valence-electron chi connectivity index (χ0n) is 15.4. The Hall–Kier alpha value is -2.87. The van der Waals surface area contributed by atoms with E-state index in [1.807, 2.05) is 24.8 Å².